The van der Waals surface area contributed by atoms with Gasteiger partial charge in [0.1, 0.15) is 5.41 Å². The number of nitrogens with zero attached hydrogens (tertiary/aromatic N) is 2. The van der Waals surface area contributed by atoms with Crippen LogP contribution in [-0.4, -0.2) is 35.6 Å². The molecule has 1 N–H and O–H groups in total. The van der Waals surface area contributed by atoms with Crippen molar-refractivity contribution in [3.05, 3.63) is 12.7 Å². The largest absolute Gasteiger partial charge is 0.395 e. The third-order valence-corrected chi connectivity index (χ3v) is 3.02. The zero-order chi connectivity index (χ0) is 12.2. The predicted molar refractivity (Wildman–Crippen MR) is 60.3 cm³/mol. The van der Waals surface area contributed by atoms with Crippen LogP contribution in [0.3, 0.4) is 0 Å². The number of aliphatic hydroxyl groups is 1. The summed E-state index contributed by atoms with van der Waals surface area (Å²) in [5.41, 5.74) is -0.850. The summed E-state index contributed by atoms with van der Waals surface area (Å²) in [6.07, 6.45) is 2.86. The minimum Gasteiger partial charge on any atom is -0.395 e. The summed E-state index contributed by atoms with van der Waals surface area (Å²) >= 11 is 0. The molecular formula is C12H18N2O2. The van der Waals surface area contributed by atoms with Gasteiger partial charge in [-0.05, 0) is 18.8 Å². The highest BCUT2D eigenvalue weighted by atomic mass is 16.3. The quantitative estimate of drug-likeness (QED) is 0.704. The lowest BCUT2D eigenvalue weighted by Crippen LogP contribution is -2.50. The van der Waals surface area contributed by atoms with Gasteiger partial charge in [0, 0.05) is 13.1 Å². The Labute approximate surface area is 96.2 Å². The monoisotopic (exact) mass is 222 g/mol. The van der Waals surface area contributed by atoms with Crippen molar-refractivity contribution in [1.29, 1.82) is 5.26 Å². The number of amides is 1. The van der Waals surface area contributed by atoms with E-state index in [0.717, 1.165) is 0 Å². The molecule has 1 amide bonds. The van der Waals surface area contributed by atoms with Crippen LogP contribution >= 0.6 is 0 Å². The van der Waals surface area contributed by atoms with Gasteiger partial charge in [0.2, 0.25) is 5.91 Å². The third-order valence-electron chi connectivity index (χ3n) is 3.02. The Morgan fingerprint density at radius 2 is 2.38 bits per heavy atom. The summed E-state index contributed by atoms with van der Waals surface area (Å²) < 4.78 is 0. The molecule has 0 saturated heterocycles. The highest BCUT2D eigenvalue weighted by Crippen LogP contribution is 2.46. The molecule has 0 radical (unpaired) electrons. The molecule has 0 heterocycles. The van der Waals surface area contributed by atoms with E-state index in [2.05, 4.69) is 12.6 Å². The average Bonchev–Trinajstić information content (AvgIpc) is 2.23. The van der Waals surface area contributed by atoms with Crippen LogP contribution in [0.2, 0.25) is 0 Å². The molecule has 1 aliphatic rings. The van der Waals surface area contributed by atoms with Crippen LogP contribution in [0.25, 0.3) is 0 Å². The molecule has 1 rings (SSSR count). The van der Waals surface area contributed by atoms with E-state index in [9.17, 15) is 4.79 Å². The first-order valence-electron chi connectivity index (χ1n) is 5.52. The summed E-state index contributed by atoms with van der Waals surface area (Å²) in [7, 11) is 0. The van der Waals surface area contributed by atoms with Crippen molar-refractivity contribution in [2.24, 2.45) is 11.3 Å². The molecule has 88 valence electrons. The molecule has 1 aliphatic carbocycles. The first-order valence-corrected chi connectivity index (χ1v) is 5.52. The molecule has 0 aromatic carbocycles. The SMILES string of the molecule is C=CCN(CCO)C(=O)C1(C#N)CC(C)C1. The fraction of sp³-hybridized carbons (Fsp3) is 0.667. The molecular weight excluding hydrogens is 204 g/mol. The van der Waals surface area contributed by atoms with Gasteiger partial charge in [-0.25, -0.2) is 0 Å². The van der Waals surface area contributed by atoms with E-state index in [0.29, 0.717) is 25.3 Å². The molecule has 0 aromatic heterocycles. The van der Waals surface area contributed by atoms with Crippen LogP contribution in [0.4, 0.5) is 0 Å². The van der Waals surface area contributed by atoms with E-state index in [1.165, 1.54) is 4.90 Å². The lowest BCUT2D eigenvalue weighted by Gasteiger charge is -2.42. The molecule has 4 nitrogen and oxygen atoms in total. The maximum atomic E-state index is 12.1. The van der Waals surface area contributed by atoms with Crippen LogP contribution in [0.5, 0.6) is 0 Å². The fourth-order valence-corrected chi connectivity index (χ4v) is 2.30. The summed E-state index contributed by atoms with van der Waals surface area (Å²) in [4.78, 5) is 13.7. The van der Waals surface area contributed by atoms with Crippen molar-refractivity contribution in [2.75, 3.05) is 19.7 Å². The Hall–Kier alpha value is -1.34. The second-order valence-electron chi connectivity index (χ2n) is 4.47. The number of rotatable bonds is 5. The molecule has 4 heteroatoms. The molecule has 1 fully saturated rings. The second-order valence-corrected chi connectivity index (χ2v) is 4.47. The minimum absolute atomic E-state index is 0.0867. The topological polar surface area (TPSA) is 64.3 Å². The van der Waals surface area contributed by atoms with Gasteiger partial charge in [-0.15, -0.1) is 6.58 Å². The van der Waals surface area contributed by atoms with Crippen LogP contribution in [0.1, 0.15) is 19.8 Å². The van der Waals surface area contributed by atoms with Gasteiger partial charge in [0.15, 0.2) is 0 Å². The van der Waals surface area contributed by atoms with Crippen LogP contribution in [0.15, 0.2) is 12.7 Å². The Balaban J connectivity index is 2.73. The van der Waals surface area contributed by atoms with Gasteiger partial charge in [-0.1, -0.05) is 13.0 Å². The predicted octanol–water partition coefficient (Wildman–Crippen LogP) is 0.933. The van der Waals surface area contributed by atoms with Gasteiger partial charge in [0.25, 0.3) is 0 Å². The zero-order valence-electron chi connectivity index (χ0n) is 9.65. The number of hydrogen-bond donors (Lipinski definition) is 1. The number of carbonyl (C=O) groups is 1. The highest BCUT2D eigenvalue weighted by molar-refractivity contribution is 5.86. The first kappa shape index (κ1) is 12.7. The summed E-state index contributed by atoms with van der Waals surface area (Å²) in [6.45, 7) is 6.17. The average molecular weight is 222 g/mol. The number of carbonyl (C=O) groups excluding carboxylic acids is 1. The van der Waals surface area contributed by atoms with E-state index in [-0.39, 0.29) is 19.1 Å². The van der Waals surface area contributed by atoms with Crippen molar-refractivity contribution in [2.45, 2.75) is 19.8 Å². The van der Waals surface area contributed by atoms with E-state index in [1.54, 1.807) is 6.08 Å². The summed E-state index contributed by atoms with van der Waals surface area (Å²) in [5, 5.41) is 18.0. The van der Waals surface area contributed by atoms with E-state index in [1.807, 2.05) is 6.92 Å². The standard InChI is InChI=1S/C12H18N2O2/c1-3-4-14(5-6-15)11(16)12(9-13)7-10(2)8-12/h3,10,15H,1,4-8H2,2H3. The van der Waals surface area contributed by atoms with Crippen molar-refractivity contribution < 1.29 is 9.90 Å². The number of aliphatic hydroxyl groups excluding tert-OH is 1. The molecule has 0 aliphatic heterocycles. The third kappa shape index (κ3) is 2.25. The molecule has 1 saturated carbocycles. The van der Waals surface area contributed by atoms with Crippen molar-refractivity contribution in [3.63, 3.8) is 0 Å². The highest BCUT2D eigenvalue weighted by Gasteiger charge is 2.50. The Morgan fingerprint density at radius 1 is 1.75 bits per heavy atom. The van der Waals surface area contributed by atoms with E-state index >= 15 is 0 Å². The second kappa shape index (κ2) is 5.13. The Morgan fingerprint density at radius 3 is 2.75 bits per heavy atom. The molecule has 16 heavy (non-hydrogen) atoms. The van der Waals surface area contributed by atoms with Crippen molar-refractivity contribution in [1.82, 2.24) is 4.90 Å². The van der Waals surface area contributed by atoms with Crippen molar-refractivity contribution in [3.8, 4) is 6.07 Å². The van der Waals surface area contributed by atoms with Gasteiger partial charge in [0.05, 0.1) is 12.7 Å². The molecule has 0 spiro atoms. The molecule has 0 bridgehead atoms. The van der Waals surface area contributed by atoms with Crippen LogP contribution in [-0.2, 0) is 4.79 Å². The summed E-state index contributed by atoms with van der Waals surface area (Å²) in [5.74, 6) is 0.269. The van der Waals surface area contributed by atoms with E-state index in [4.69, 9.17) is 10.4 Å². The van der Waals surface area contributed by atoms with E-state index < -0.39 is 5.41 Å². The van der Waals surface area contributed by atoms with Gasteiger partial charge >= 0.3 is 0 Å². The fourth-order valence-electron chi connectivity index (χ4n) is 2.30. The number of hydrogen-bond acceptors (Lipinski definition) is 3. The molecule has 0 aromatic rings. The van der Waals surface area contributed by atoms with Gasteiger partial charge < -0.3 is 10.0 Å². The summed E-state index contributed by atoms with van der Waals surface area (Å²) in [6, 6.07) is 2.14. The van der Waals surface area contributed by atoms with Gasteiger partial charge in [-0.2, -0.15) is 5.26 Å². The maximum absolute atomic E-state index is 12.1. The zero-order valence-corrected chi connectivity index (χ0v) is 9.65. The Kier molecular flexibility index (Phi) is 4.08. The smallest absolute Gasteiger partial charge is 0.243 e. The van der Waals surface area contributed by atoms with Gasteiger partial charge in [-0.3, -0.25) is 4.79 Å². The van der Waals surface area contributed by atoms with Crippen LogP contribution in [0, 0.1) is 22.7 Å². The minimum atomic E-state index is -0.850. The lowest BCUT2D eigenvalue weighted by molar-refractivity contribution is -0.145. The first-order chi connectivity index (χ1) is 7.59. The molecule has 0 atom stereocenters. The maximum Gasteiger partial charge on any atom is 0.243 e. The number of nitriles is 1. The van der Waals surface area contributed by atoms with Crippen LogP contribution < -0.4 is 0 Å². The normalized spacial score (nSPS) is 27.7. The Bertz CT molecular complexity index is 313. The van der Waals surface area contributed by atoms with Crippen molar-refractivity contribution >= 4 is 5.91 Å². The lowest BCUT2D eigenvalue weighted by atomic mass is 9.62. The molecule has 0 unspecified atom stereocenters.